The number of amides is 1. The molecule has 1 heterocycles. The molecule has 0 aliphatic rings. The Bertz CT molecular complexity index is 798. The molecule has 0 atom stereocenters. The molecule has 0 aliphatic heterocycles. The van der Waals surface area contributed by atoms with Crippen LogP contribution in [0.15, 0.2) is 53.9 Å². The lowest BCUT2D eigenvalue weighted by Crippen LogP contribution is -2.14. The van der Waals surface area contributed by atoms with Gasteiger partial charge in [-0.3, -0.25) is 4.79 Å². The first-order valence-corrected chi connectivity index (χ1v) is 7.93. The standard InChI is InChI=1S/C17H16N4OS/c1-21(2)15-5-3-4-13(10-15)17(22)18-14-8-6-12(7-9-14)16-11-23-20-19-16/h3-11H,1-2H3,(H,18,22). The van der Waals surface area contributed by atoms with E-state index in [1.807, 2.05) is 66.8 Å². The van der Waals surface area contributed by atoms with E-state index in [9.17, 15) is 4.79 Å². The van der Waals surface area contributed by atoms with Crippen molar-refractivity contribution < 1.29 is 4.79 Å². The fraction of sp³-hybridized carbons (Fsp3) is 0.118. The third-order valence-corrected chi connectivity index (χ3v) is 3.93. The lowest BCUT2D eigenvalue weighted by Gasteiger charge is -2.13. The maximum Gasteiger partial charge on any atom is 0.255 e. The van der Waals surface area contributed by atoms with Crippen molar-refractivity contribution in [1.82, 2.24) is 9.59 Å². The quantitative estimate of drug-likeness (QED) is 0.798. The smallest absolute Gasteiger partial charge is 0.255 e. The van der Waals surface area contributed by atoms with Crippen LogP contribution in [0.4, 0.5) is 11.4 Å². The van der Waals surface area contributed by atoms with Gasteiger partial charge in [0.2, 0.25) is 0 Å². The van der Waals surface area contributed by atoms with Crippen LogP contribution in [0.5, 0.6) is 0 Å². The largest absolute Gasteiger partial charge is 0.378 e. The summed E-state index contributed by atoms with van der Waals surface area (Å²) in [6.45, 7) is 0. The maximum atomic E-state index is 12.4. The summed E-state index contributed by atoms with van der Waals surface area (Å²) in [5, 5.41) is 8.82. The van der Waals surface area contributed by atoms with Crippen molar-refractivity contribution >= 4 is 28.8 Å². The molecule has 2 aromatic carbocycles. The molecule has 5 nitrogen and oxygen atoms in total. The zero-order valence-electron chi connectivity index (χ0n) is 12.9. The van der Waals surface area contributed by atoms with Gasteiger partial charge in [-0.1, -0.05) is 22.7 Å². The van der Waals surface area contributed by atoms with Crippen LogP contribution in [0.3, 0.4) is 0 Å². The SMILES string of the molecule is CN(C)c1cccc(C(=O)Nc2ccc(-c3csnn3)cc2)c1. The molecule has 0 saturated heterocycles. The number of nitrogens with zero attached hydrogens (tertiary/aromatic N) is 3. The fourth-order valence-electron chi connectivity index (χ4n) is 2.14. The van der Waals surface area contributed by atoms with E-state index in [1.54, 1.807) is 6.07 Å². The van der Waals surface area contributed by atoms with Gasteiger partial charge in [0, 0.05) is 42.0 Å². The summed E-state index contributed by atoms with van der Waals surface area (Å²) in [5.74, 6) is -0.128. The number of aromatic nitrogens is 2. The fourth-order valence-corrected chi connectivity index (χ4v) is 2.61. The molecule has 0 bridgehead atoms. The Morgan fingerprint density at radius 1 is 1.13 bits per heavy atom. The van der Waals surface area contributed by atoms with Crippen molar-refractivity contribution in [3.8, 4) is 11.3 Å². The van der Waals surface area contributed by atoms with E-state index in [-0.39, 0.29) is 5.91 Å². The van der Waals surface area contributed by atoms with Gasteiger partial charge in [-0.25, -0.2) is 0 Å². The minimum absolute atomic E-state index is 0.128. The first kappa shape index (κ1) is 15.2. The second kappa shape index (κ2) is 6.58. The molecule has 3 aromatic rings. The van der Waals surface area contributed by atoms with Gasteiger partial charge in [-0.15, -0.1) is 5.10 Å². The molecule has 116 valence electrons. The van der Waals surface area contributed by atoms with E-state index in [2.05, 4.69) is 14.9 Å². The molecule has 23 heavy (non-hydrogen) atoms. The van der Waals surface area contributed by atoms with Crippen LogP contribution in [0.25, 0.3) is 11.3 Å². The molecule has 1 N–H and O–H groups in total. The molecule has 1 amide bonds. The molecule has 0 spiro atoms. The van der Waals surface area contributed by atoms with Crippen molar-refractivity contribution in [1.29, 1.82) is 0 Å². The van der Waals surface area contributed by atoms with Crippen LogP contribution >= 0.6 is 11.5 Å². The third kappa shape index (κ3) is 3.54. The Morgan fingerprint density at radius 2 is 1.91 bits per heavy atom. The minimum Gasteiger partial charge on any atom is -0.378 e. The first-order chi connectivity index (χ1) is 11.1. The van der Waals surface area contributed by atoms with Crippen LogP contribution in [0, 0.1) is 0 Å². The monoisotopic (exact) mass is 324 g/mol. The molecule has 0 unspecified atom stereocenters. The molecule has 6 heteroatoms. The number of anilines is 2. The summed E-state index contributed by atoms with van der Waals surface area (Å²) >= 11 is 1.32. The van der Waals surface area contributed by atoms with Crippen LogP contribution in [-0.2, 0) is 0 Å². The summed E-state index contributed by atoms with van der Waals surface area (Å²) in [7, 11) is 3.89. The predicted molar refractivity (Wildman–Crippen MR) is 94.1 cm³/mol. The van der Waals surface area contributed by atoms with Gasteiger partial charge in [0.15, 0.2) is 0 Å². The van der Waals surface area contributed by atoms with Crippen LogP contribution in [-0.4, -0.2) is 29.6 Å². The molecule has 0 radical (unpaired) electrons. The second-order valence-electron chi connectivity index (χ2n) is 5.27. The van der Waals surface area contributed by atoms with Crippen molar-refractivity contribution in [2.45, 2.75) is 0 Å². The summed E-state index contributed by atoms with van der Waals surface area (Å²) in [4.78, 5) is 14.3. The van der Waals surface area contributed by atoms with E-state index >= 15 is 0 Å². The highest BCUT2D eigenvalue weighted by molar-refractivity contribution is 7.03. The number of hydrogen-bond acceptors (Lipinski definition) is 5. The van der Waals surface area contributed by atoms with Gasteiger partial charge in [0.1, 0.15) is 5.69 Å². The number of carbonyl (C=O) groups is 1. The summed E-state index contributed by atoms with van der Waals surface area (Å²) < 4.78 is 3.85. The highest BCUT2D eigenvalue weighted by atomic mass is 32.1. The normalized spacial score (nSPS) is 10.3. The second-order valence-corrected chi connectivity index (χ2v) is 5.88. The van der Waals surface area contributed by atoms with Crippen LogP contribution < -0.4 is 10.2 Å². The summed E-state index contributed by atoms with van der Waals surface area (Å²) in [5.41, 5.74) is 4.18. The van der Waals surface area contributed by atoms with Gasteiger partial charge >= 0.3 is 0 Å². The third-order valence-electron chi connectivity index (χ3n) is 3.42. The highest BCUT2D eigenvalue weighted by Crippen LogP contribution is 2.21. The van der Waals surface area contributed by atoms with E-state index < -0.39 is 0 Å². The molecule has 0 aliphatic carbocycles. The summed E-state index contributed by atoms with van der Waals surface area (Å²) in [6.07, 6.45) is 0. The van der Waals surface area contributed by atoms with Crippen LogP contribution in [0.1, 0.15) is 10.4 Å². The Balaban J connectivity index is 1.74. The Labute approximate surface area is 138 Å². The number of benzene rings is 2. The maximum absolute atomic E-state index is 12.4. The molecule has 3 rings (SSSR count). The Kier molecular flexibility index (Phi) is 4.34. The van der Waals surface area contributed by atoms with Crippen molar-refractivity contribution in [2.24, 2.45) is 0 Å². The van der Waals surface area contributed by atoms with Gasteiger partial charge in [-0.05, 0) is 41.9 Å². The van der Waals surface area contributed by atoms with Crippen LogP contribution in [0.2, 0.25) is 0 Å². The topological polar surface area (TPSA) is 58.1 Å². The zero-order chi connectivity index (χ0) is 16.2. The number of rotatable bonds is 4. The zero-order valence-corrected chi connectivity index (χ0v) is 13.7. The van der Waals surface area contributed by atoms with Gasteiger partial charge in [0.05, 0.1) is 0 Å². The average Bonchev–Trinajstić information content (AvgIpc) is 3.10. The lowest BCUT2D eigenvalue weighted by molar-refractivity contribution is 0.102. The van der Waals surface area contributed by atoms with E-state index in [4.69, 9.17) is 0 Å². The average molecular weight is 324 g/mol. The number of nitrogens with one attached hydrogen (secondary N) is 1. The molecule has 1 aromatic heterocycles. The van der Waals surface area contributed by atoms with Crippen molar-refractivity contribution in [3.05, 3.63) is 59.5 Å². The predicted octanol–water partition coefficient (Wildman–Crippen LogP) is 3.52. The highest BCUT2D eigenvalue weighted by Gasteiger charge is 2.08. The van der Waals surface area contributed by atoms with E-state index in [0.717, 1.165) is 22.6 Å². The van der Waals surface area contributed by atoms with Gasteiger partial charge in [0.25, 0.3) is 5.91 Å². The minimum atomic E-state index is -0.128. The van der Waals surface area contributed by atoms with E-state index in [1.165, 1.54) is 11.5 Å². The molecular weight excluding hydrogens is 308 g/mol. The Morgan fingerprint density at radius 3 is 2.57 bits per heavy atom. The van der Waals surface area contributed by atoms with Gasteiger partial charge in [-0.2, -0.15) is 0 Å². The first-order valence-electron chi connectivity index (χ1n) is 7.10. The number of hydrogen-bond donors (Lipinski definition) is 1. The molecule has 0 fully saturated rings. The van der Waals surface area contributed by atoms with E-state index in [0.29, 0.717) is 5.56 Å². The number of carbonyl (C=O) groups excluding carboxylic acids is 1. The molecule has 0 saturated carbocycles. The van der Waals surface area contributed by atoms with Crippen molar-refractivity contribution in [2.75, 3.05) is 24.3 Å². The van der Waals surface area contributed by atoms with Crippen molar-refractivity contribution in [3.63, 3.8) is 0 Å². The Hall–Kier alpha value is -2.73. The lowest BCUT2D eigenvalue weighted by atomic mass is 10.1. The molecular formula is C17H16N4OS. The van der Waals surface area contributed by atoms with Gasteiger partial charge < -0.3 is 10.2 Å². The summed E-state index contributed by atoms with van der Waals surface area (Å²) in [6, 6.07) is 15.1.